The summed E-state index contributed by atoms with van der Waals surface area (Å²) in [7, 11) is 0. The van der Waals surface area contributed by atoms with Gasteiger partial charge >= 0.3 is 0 Å². The van der Waals surface area contributed by atoms with Crippen molar-refractivity contribution in [3.8, 4) is 0 Å². The Hall–Kier alpha value is -1.30. The van der Waals surface area contributed by atoms with Crippen molar-refractivity contribution in [2.24, 2.45) is 0 Å². The zero-order valence-electron chi connectivity index (χ0n) is 7.90. The van der Waals surface area contributed by atoms with Crippen LogP contribution in [0.25, 0.3) is 6.08 Å². The third-order valence-corrected chi connectivity index (χ3v) is 2.53. The molecule has 0 nitrogen and oxygen atoms in total. The van der Waals surface area contributed by atoms with Crippen molar-refractivity contribution in [2.45, 2.75) is 19.3 Å². The van der Waals surface area contributed by atoms with Crippen molar-refractivity contribution in [3.05, 3.63) is 53.6 Å². The minimum absolute atomic E-state index is 0.604. The van der Waals surface area contributed by atoms with Gasteiger partial charge in [-0.1, -0.05) is 48.6 Å². The molecule has 1 unspecified atom stereocenters. The van der Waals surface area contributed by atoms with Crippen LogP contribution in [0.15, 0.2) is 42.5 Å². The number of allylic oxidation sites excluding steroid dienone is 3. The molecule has 0 aliphatic heterocycles. The molecule has 0 spiro atoms. The quantitative estimate of drug-likeness (QED) is 0.593. The Balaban J connectivity index is 2.23. The maximum atomic E-state index is 2.30. The van der Waals surface area contributed by atoms with E-state index in [1.165, 1.54) is 11.1 Å². The Bertz CT molecular complexity index is 345. The highest BCUT2D eigenvalue weighted by molar-refractivity contribution is 5.62. The largest absolute Gasteiger partial charge is 0.0916 e. The summed E-state index contributed by atoms with van der Waals surface area (Å²) >= 11 is 0. The summed E-state index contributed by atoms with van der Waals surface area (Å²) in [6.45, 7) is 2.07. The summed E-state index contributed by atoms with van der Waals surface area (Å²) < 4.78 is 0. The van der Waals surface area contributed by atoms with Gasteiger partial charge in [0.05, 0.1) is 0 Å². The van der Waals surface area contributed by atoms with Crippen LogP contribution in [0.1, 0.15) is 30.4 Å². The summed E-state index contributed by atoms with van der Waals surface area (Å²) in [6, 6.07) is 8.63. The lowest BCUT2D eigenvalue weighted by molar-refractivity contribution is 0.878. The van der Waals surface area contributed by atoms with E-state index in [2.05, 4.69) is 55.5 Å². The number of rotatable bonds is 2. The molecule has 0 amide bonds. The standard InChI is InChI=1S/C13H14/c1-2-3-6-11-9-10-12-7-4-5-8-13(11)12/h2-5,7-11H,6H2,1H3. The molecule has 66 valence electrons. The van der Waals surface area contributed by atoms with E-state index in [-0.39, 0.29) is 0 Å². The molecule has 2 rings (SSSR count). The second kappa shape index (κ2) is 3.61. The van der Waals surface area contributed by atoms with Gasteiger partial charge in [-0.3, -0.25) is 0 Å². The first-order valence-electron chi connectivity index (χ1n) is 4.80. The van der Waals surface area contributed by atoms with Gasteiger partial charge in [0.25, 0.3) is 0 Å². The number of fused-ring (bicyclic) bond motifs is 1. The summed E-state index contributed by atoms with van der Waals surface area (Å²) in [4.78, 5) is 0. The van der Waals surface area contributed by atoms with Gasteiger partial charge in [-0.05, 0) is 24.5 Å². The fraction of sp³-hybridized carbons (Fsp3) is 0.231. The van der Waals surface area contributed by atoms with Crippen molar-refractivity contribution in [3.63, 3.8) is 0 Å². The van der Waals surface area contributed by atoms with Gasteiger partial charge in [0.1, 0.15) is 0 Å². The van der Waals surface area contributed by atoms with Crippen LogP contribution in [-0.4, -0.2) is 0 Å². The number of benzene rings is 1. The van der Waals surface area contributed by atoms with Gasteiger partial charge in [-0.15, -0.1) is 0 Å². The van der Waals surface area contributed by atoms with Gasteiger partial charge in [-0.25, -0.2) is 0 Å². The second-order valence-electron chi connectivity index (χ2n) is 3.40. The monoisotopic (exact) mass is 170 g/mol. The first kappa shape index (κ1) is 8.31. The van der Waals surface area contributed by atoms with Gasteiger partial charge in [0.15, 0.2) is 0 Å². The van der Waals surface area contributed by atoms with E-state index in [0.29, 0.717) is 5.92 Å². The lowest BCUT2D eigenvalue weighted by Crippen LogP contribution is -1.90. The van der Waals surface area contributed by atoms with Gasteiger partial charge in [-0.2, -0.15) is 0 Å². The summed E-state index contributed by atoms with van der Waals surface area (Å²) in [5.74, 6) is 0.604. The second-order valence-corrected chi connectivity index (χ2v) is 3.40. The highest BCUT2D eigenvalue weighted by Crippen LogP contribution is 2.32. The predicted molar refractivity (Wildman–Crippen MR) is 57.6 cm³/mol. The molecule has 0 aromatic heterocycles. The summed E-state index contributed by atoms with van der Waals surface area (Å²) in [5, 5.41) is 0. The Morgan fingerprint density at radius 3 is 3.00 bits per heavy atom. The summed E-state index contributed by atoms with van der Waals surface area (Å²) in [5.41, 5.74) is 2.86. The highest BCUT2D eigenvalue weighted by Gasteiger charge is 2.14. The third-order valence-electron chi connectivity index (χ3n) is 2.53. The molecule has 1 aliphatic rings. The fourth-order valence-electron chi connectivity index (χ4n) is 1.81. The fourth-order valence-corrected chi connectivity index (χ4v) is 1.81. The topological polar surface area (TPSA) is 0 Å². The molecule has 0 heteroatoms. The smallest absolute Gasteiger partial charge is 0.00617 e. The lowest BCUT2D eigenvalue weighted by atomic mass is 9.98. The predicted octanol–water partition coefficient (Wildman–Crippen LogP) is 3.76. The Morgan fingerprint density at radius 1 is 1.31 bits per heavy atom. The van der Waals surface area contributed by atoms with Crippen LogP contribution in [0.5, 0.6) is 0 Å². The molecule has 0 saturated heterocycles. The van der Waals surface area contributed by atoms with Crippen LogP contribution >= 0.6 is 0 Å². The van der Waals surface area contributed by atoms with E-state index in [4.69, 9.17) is 0 Å². The van der Waals surface area contributed by atoms with Crippen LogP contribution in [-0.2, 0) is 0 Å². The minimum Gasteiger partial charge on any atom is -0.0916 e. The van der Waals surface area contributed by atoms with Crippen molar-refractivity contribution in [2.75, 3.05) is 0 Å². The Kier molecular flexibility index (Phi) is 2.31. The molecule has 0 heterocycles. The maximum Gasteiger partial charge on any atom is 0.00617 e. The van der Waals surface area contributed by atoms with Crippen LogP contribution < -0.4 is 0 Å². The van der Waals surface area contributed by atoms with Crippen molar-refractivity contribution in [1.29, 1.82) is 0 Å². The van der Waals surface area contributed by atoms with Crippen molar-refractivity contribution < 1.29 is 0 Å². The van der Waals surface area contributed by atoms with E-state index >= 15 is 0 Å². The van der Waals surface area contributed by atoms with Crippen molar-refractivity contribution in [1.82, 2.24) is 0 Å². The molecule has 0 fully saturated rings. The SMILES string of the molecule is CC=CCC1C=Cc2ccccc21. The van der Waals surface area contributed by atoms with Crippen LogP contribution in [0.3, 0.4) is 0 Å². The molecule has 1 atom stereocenters. The van der Waals surface area contributed by atoms with Gasteiger partial charge < -0.3 is 0 Å². The zero-order valence-corrected chi connectivity index (χ0v) is 7.90. The Morgan fingerprint density at radius 2 is 2.15 bits per heavy atom. The zero-order chi connectivity index (χ0) is 9.10. The van der Waals surface area contributed by atoms with Crippen LogP contribution in [0.2, 0.25) is 0 Å². The Labute approximate surface area is 79.6 Å². The van der Waals surface area contributed by atoms with E-state index in [9.17, 15) is 0 Å². The molecule has 1 aromatic rings. The third kappa shape index (κ3) is 1.57. The van der Waals surface area contributed by atoms with Crippen LogP contribution in [0.4, 0.5) is 0 Å². The van der Waals surface area contributed by atoms with Gasteiger partial charge in [0.2, 0.25) is 0 Å². The molecule has 0 N–H and O–H groups in total. The van der Waals surface area contributed by atoms with E-state index in [0.717, 1.165) is 6.42 Å². The lowest BCUT2D eigenvalue weighted by Gasteiger charge is -2.07. The maximum absolute atomic E-state index is 2.30. The molecule has 13 heavy (non-hydrogen) atoms. The number of hydrogen-bond acceptors (Lipinski definition) is 0. The average molecular weight is 170 g/mol. The molecule has 0 radical (unpaired) electrons. The summed E-state index contributed by atoms with van der Waals surface area (Å²) in [6.07, 6.45) is 10.0. The number of hydrogen-bond donors (Lipinski definition) is 0. The van der Waals surface area contributed by atoms with Crippen molar-refractivity contribution >= 4 is 6.08 Å². The average Bonchev–Trinajstić information content (AvgIpc) is 2.58. The molecule has 1 aromatic carbocycles. The molecular weight excluding hydrogens is 156 g/mol. The molecule has 0 saturated carbocycles. The molecular formula is C13H14. The van der Waals surface area contributed by atoms with Gasteiger partial charge in [0, 0.05) is 5.92 Å². The highest BCUT2D eigenvalue weighted by atomic mass is 14.2. The molecule has 1 aliphatic carbocycles. The van der Waals surface area contributed by atoms with E-state index in [1.54, 1.807) is 0 Å². The first-order chi connectivity index (χ1) is 6.42. The minimum atomic E-state index is 0.604. The normalized spacial score (nSPS) is 19.6. The van der Waals surface area contributed by atoms with E-state index < -0.39 is 0 Å². The van der Waals surface area contributed by atoms with E-state index in [1.807, 2.05) is 0 Å². The van der Waals surface area contributed by atoms with Crippen LogP contribution in [0, 0.1) is 0 Å². The molecule has 0 bridgehead atoms. The first-order valence-corrected chi connectivity index (χ1v) is 4.80.